The molecule has 0 saturated heterocycles. The highest BCUT2D eigenvalue weighted by atomic mass is 16.6. The summed E-state index contributed by atoms with van der Waals surface area (Å²) in [5, 5.41) is 7.13. The number of nitrogens with one attached hydrogen (secondary N) is 2. The van der Waals surface area contributed by atoms with Crippen molar-refractivity contribution in [2.75, 3.05) is 25.2 Å². The lowest BCUT2D eigenvalue weighted by atomic mass is 10.1. The second kappa shape index (κ2) is 14.6. The Labute approximate surface area is 273 Å². The number of rotatable bonds is 9. The number of alkyl carbamates (subject to hydrolysis) is 1. The van der Waals surface area contributed by atoms with Gasteiger partial charge in [0.15, 0.2) is 5.82 Å². The van der Waals surface area contributed by atoms with Gasteiger partial charge in [-0.1, -0.05) is 6.07 Å². The van der Waals surface area contributed by atoms with Gasteiger partial charge in [0.1, 0.15) is 34.1 Å². The van der Waals surface area contributed by atoms with E-state index in [0.717, 1.165) is 15.8 Å². The molecular formula is C32H44N6O9. The van der Waals surface area contributed by atoms with Gasteiger partial charge in [-0.2, -0.15) is 4.68 Å². The van der Waals surface area contributed by atoms with E-state index in [4.69, 9.17) is 23.7 Å². The van der Waals surface area contributed by atoms with Crippen molar-refractivity contribution in [2.24, 2.45) is 0 Å². The Morgan fingerprint density at radius 1 is 0.915 bits per heavy atom. The van der Waals surface area contributed by atoms with Crippen LogP contribution in [0.3, 0.4) is 0 Å². The zero-order valence-electron chi connectivity index (χ0n) is 28.5. The Kier molecular flexibility index (Phi) is 11.3. The number of methoxy groups -OCH3 is 1. The topological polar surface area (TPSA) is 176 Å². The number of carbonyl (C=O) groups is 3. The number of aromatic nitrogens is 4. The first kappa shape index (κ1) is 36.4. The van der Waals surface area contributed by atoms with E-state index < -0.39 is 40.6 Å². The molecule has 0 aliphatic carbocycles. The monoisotopic (exact) mass is 656 g/mol. The smallest absolute Gasteiger partial charge is 0.435 e. The van der Waals surface area contributed by atoms with Crippen molar-refractivity contribution in [3.05, 3.63) is 47.0 Å². The molecule has 3 rings (SSSR count). The number of anilines is 2. The minimum absolute atomic E-state index is 0.0545. The van der Waals surface area contributed by atoms with Gasteiger partial charge < -0.3 is 34.0 Å². The minimum atomic E-state index is -0.920. The zero-order chi connectivity index (χ0) is 35.2. The Bertz CT molecular complexity index is 1630. The highest BCUT2D eigenvalue weighted by Gasteiger charge is 2.32. The quantitative estimate of drug-likeness (QED) is 0.210. The van der Waals surface area contributed by atoms with Crippen molar-refractivity contribution in [1.29, 1.82) is 0 Å². The number of hydrogen-bond donors (Lipinski definition) is 2. The minimum Gasteiger partial charge on any atom is -0.496 e. The van der Waals surface area contributed by atoms with Crippen LogP contribution in [0.4, 0.5) is 26.0 Å². The first-order valence-electron chi connectivity index (χ1n) is 15.0. The normalized spacial score (nSPS) is 11.8. The summed E-state index contributed by atoms with van der Waals surface area (Å²) in [6.07, 6.45) is 0.422. The number of ether oxygens (including phenoxy) is 5. The molecule has 0 aliphatic heterocycles. The van der Waals surface area contributed by atoms with E-state index in [2.05, 4.69) is 20.4 Å². The van der Waals surface area contributed by atoms with Crippen LogP contribution in [0.5, 0.6) is 11.5 Å². The van der Waals surface area contributed by atoms with Gasteiger partial charge in [0.2, 0.25) is 0 Å². The molecule has 15 heteroatoms. The number of aromatic amines is 1. The van der Waals surface area contributed by atoms with Crippen molar-refractivity contribution < 1.29 is 38.1 Å². The molecule has 2 amide bonds. The molecular weight excluding hydrogens is 612 g/mol. The fourth-order valence-electron chi connectivity index (χ4n) is 4.02. The lowest BCUT2D eigenvalue weighted by Gasteiger charge is -2.25. The van der Waals surface area contributed by atoms with Gasteiger partial charge in [-0.05, 0) is 80.9 Å². The maximum Gasteiger partial charge on any atom is 0.435 e. The first-order valence-corrected chi connectivity index (χ1v) is 15.0. The summed E-state index contributed by atoms with van der Waals surface area (Å²) in [7, 11) is 1.45. The first-order chi connectivity index (χ1) is 21.8. The maximum atomic E-state index is 13.6. The number of benzene rings is 1. The van der Waals surface area contributed by atoms with Gasteiger partial charge in [0.05, 0.1) is 37.4 Å². The summed E-state index contributed by atoms with van der Waals surface area (Å²) in [4.78, 5) is 58.8. The molecule has 0 atom stereocenters. The number of amides is 2. The number of nitrogens with zero attached hydrogens (tertiary/aromatic N) is 4. The predicted molar refractivity (Wildman–Crippen MR) is 173 cm³/mol. The fraction of sp³-hybridized carbons (Fsp3) is 0.500. The van der Waals surface area contributed by atoms with Gasteiger partial charge >= 0.3 is 18.3 Å². The fourth-order valence-corrected chi connectivity index (χ4v) is 4.02. The lowest BCUT2D eigenvalue weighted by molar-refractivity contribution is 0.0508. The molecule has 2 heterocycles. The summed E-state index contributed by atoms with van der Waals surface area (Å²) in [5.74, 6) is 0.490. The number of carbonyl (C=O) groups excluding carboxylic acids is 3. The van der Waals surface area contributed by atoms with Crippen LogP contribution in [0.15, 0.2) is 41.5 Å². The van der Waals surface area contributed by atoms with E-state index in [9.17, 15) is 19.2 Å². The predicted octanol–water partition coefficient (Wildman–Crippen LogP) is 5.79. The SMILES string of the molecule is COc1cccc(OCCCNC(=O)OC(C)(C)C)c1-c1cc(N(C(=O)OC(C)(C)C)c2cncc(=O)[nH]2)nn1C(=O)OC(C)(C)C. The van der Waals surface area contributed by atoms with E-state index in [-0.39, 0.29) is 30.5 Å². The molecule has 3 aromatic rings. The van der Waals surface area contributed by atoms with Crippen LogP contribution >= 0.6 is 0 Å². The molecule has 1 aromatic carbocycles. The Morgan fingerprint density at radius 2 is 1.55 bits per heavy atom. The van der Waals surface area contributed by atoms with Crippen LogP contribution in [0.1, 0.15) is 68.7 Å². The van der Waals surface area contributed by atoms with Crippen LogP contribution in [-0.4, -0.2) is 75.1 Å². The molecule has 256 valence electrons. The summed E-state index contributed by atoms with van der Waals surface area (Å²) in [5.41, 5.74) is -2.56. The Balaban J connectivity index is 2.10. The van der Waals surface area contributed by atoms with Crippen molar-refractivity contribution in [1.82, 2.24) is 25.1 Å². The second-order valence-electron chi connectivity index (χ2n) is 13.3. The number of H-pyrrole nitrogens is 1. The summed E-state index contributed by atoms with van der Waals surface area (Å²) in [6.45, 7) is 15.9. The van der Waals surface area contributed by atoms with E-state index in [0.29, 0.717) is 23.5 Å². The van der Waals surface area contributed by atoms with Crippen LogP contribution in [-0.2, 0) is 14.2 Å². The van der Waals surface area contributed by atoms with Crippen LogP contribution < -0.4 is 25.2 Å². The van der Waals surface area contributed by atoms with Gasteiger partial charge in [-0.25, -0.2) is 19.3 Å². The maximum absolute atomic E-state index is 13.6. The number of hydrogen-bond acceptors (Lipinski definition) is 11. The van der Waals surface area contributed by atoms with Crippen LogP contribution in [0.25, 0.3) is 11.3 Å². The Hall–Kier alpha value is -5.08. The van der Waals surface area contributed by atoms with E-state index >= 15 is 0 Å². The van der Waals surface area contributed by atoms with Crippen molar-refractivity contribution >= 4 is 29.9 Å². The van der Waals surface area contributed by atoms with E-state index in [1.165, 1.54) is 19.4 Å². The van der Waals surface area contributed by atoms with Gasteiger partial charge in [0, 0.05) is 12.6 Å². The van der Waals surface area contributed by atoms with Crippen molar-refractivity contribution in [3.8, 4) is 22.8 Å². The highest BCUT2D eigenvalue weighted by Crippen LogP contribution is 2.41. The third kappa shape index (κ3) is 10.8. The standard InChI is InChI=1S/C32H44N6O9/c1-30(2,3)45-27(40)34-15-12-16-44-22-14-11-13-21(43-10)26(22)20-17-23(36-38(20)29(42)47-32(7,8)9)37(28(41)46-31(4,5)6)24-18-33-19-25(39)35-24/h11,13-14,17-19H,12,15-16H2,1-10H3,(H,34,40)(H,35,39). The van der Waals surface area contributed by atoms with E-state index in [1.807, 2.05) is 0 Å². The molecule has 0 fully saturated rings. The van der Waals surface area contributed by atoms with Crippen molar-refractivity contribution in [3.63, 3.8) is 0 Å². The summed E-state index contributed by atoms with van der Waals surface area (Å²) in [6, 6.07) is 6.49. The molecule has 15 nitrogen and oxygen atoms in total. The largest absolute Gasteiger partial charge is 0.496 e. The average molecular weight is 657 g/mol. The van der Waals surface area contributed by atoms with E-state index in [1.54, 1.807) is 80.5 Å². The molecule has 2 aromatic heterocycles. The lowest BCUT2D eigenvalue weighted by Crippen LogP contribution is -2.35. The second-order valence-corrected chi connectivity index (χ2v) is 13.3. The summed E-state index contributed by atoms with van der Waals surface area (Å²) < 4.78 is 29.3. The van der Waals surface area contributed by atoms with Gasteiger partial charge in [0.25, 0.3) is 5.56 Å². The molecule has 47 heavy (non-hydrogen) atoms. The van der Waals surface area contributed by atoms with Gasteiger partial charge in [-0.15, -0.1) is 5.10 Å². The average Bonchev–Trinajstić information content (AvgIpc) is 3.34. The molecule has 0 spiro atoms. The van der Waals surface area contributed by atoms with Crippen LogP contribution in [0.2, 0.25) is 0 Å². The van der Waals surface area contributed by atoms with Gasteiger partial charge in [-0.3, -0.25) is 9.78 Å². The third-order valence-electron chi connectivity index (χ3n) is 5.66. The zero-order valence-corrected chi connectivity index (χ0v) is 28.5. The highest BCUT2D eigenvalue weighted by molar-refractivity contribution is 5.95. The Morgan fingerprint density at radius 3 is 2.15 bits per heavy atom. The van der Waals surface area contributed by atoms with Crippen LogP contribution in [0, 0.1) is 0 Å². The van der Waals surface area contributed by atoms with Crippen molar-refractivity contribution in [2.45, 2.75) is 85.5 Å². The molecule has 0 radical (unpaired) electrons. The molecule has 0 bridgehead atoms. The molecule has 0 aliphatic rings. The summed E-state index contributed by atoms with van der Waals surface area (Å²) >= 11 is 0. The molecule has 0 unspecified atom stereocenters. The third-order valence-corrected chi connectivity index (χ3v) is 5.66. The molecule has 2 N–H and O–H groups in total. The molecule has 0 saturated carbocycles.